The van der Waals surface area contributed by atoms with E-state index in [0.29, 0.717) is 159 Å². The Hall–Kier alpha value is -8.20. The van der Waals surface area contributed by atoms with Gasteiger partial charge in [0, 0.05) is 131 Å². The highest BCUT2D eigenvalue weighted by Gasteiger charge is 2.39. The van der Waals surface area contributed by atoms with Crippen molar-refractivity contribution in [3.8, 4) is 22.9 Å². The molecule has 139 heavy (non-hydrogen) atoms. The number of piperazine rings is 4. The number of nitrogens with one attached hydrogen (secondary N) is 2. The highest BCUT2D eigenvalue weighted by atomic mass is 35.5. The summed E-state index contributed by atoms with van der Waals surface area (Å²) in [4.78, 5) is 81.7. The second-order valence-electron chi connectivity index (χ2n) is 36.3. The molecule has 7 aliphatic heterocycles. The van der Waals surface area contributed by atoms with Crippen LogP contribution in [0, 0.1) is 5.82 Å². The summed E-state index contributed by atoms with van der Waals surface area (Å²) in [6.07, 6.45) is 28.4. The minimum absolute atomic E-state index is 0.000778. The average Bonchev–Trinajstić information content (AvgIpc) is 1.37. The molecule has 1 aromatic carbocycles. The van der Waals surface area contributed by atoms with Crippen molar-refractivity contribution in [3.63, 3.8) is 0 Å². The van der Waals surface area contributed by atoms with Crippen LogP contribution in [0.5, 0.6) is 17.2 Å². The number of halogens is 6. The monoisotopic (exact) mass is 2120 g/mol. The Morgan fingerprint density at radius 1 is 0.360 bits per heavy atom. The number of H-pyrrole nitrogens is 2. The van der Waals surface area contributed by atoms with Gasteiger partial charge in [0.25, 0.3) is 16.7 Å². The molecule has 4 N–H and O–H groups in total. The molecular weight excluding hydrogens is 2000 g/mol. The first-order valence-electron chi connectivity index (χ1n) is 47.5. The number of nitrogen functional groups attached to an aromatic ring is 1. The van der Waals surface area contributed by atoms with E-state index in [2.05, 4.69) is 40.8 Å². The Morgan fingerprint density at radius 2 is 0.676 bits per heavy atom. The van der Waals surface area contributed by atoms with E-state index in [1.54, 1.807) is 74.0 Å². The Morgan fingerprint density at radius 3 is 1.05 bits per heavy atom. The predicted molar refractivity (Wildman–Crippen MR) is 531 cm³/mol. The van der Waals surface area contributed by atoms with Crippen molar-refractivity contribution in [1.82, 2.24) is 76.7 Å². The number of anilines is 5. The summed E-state index contributed by atoms with van der Waals surface area (Å²) in [5.41, 5.74) is 6.39. The lowest BCUT2D eigenvalue weighted by Gasteiger charge is -2.36. The van der Waals surface area contributed by atoms with Gasteiger partial charge in [0.05, 0.1) is 104 Å². The van der Waals surface area contributed by atoms with Crippen molar-refractivity contribution in [1.29, 1.82) is 0 Å². The van der Waals surface area contributed by atoms with E-state index in [1.807, 2.05) is 19.6 Å². The Balaban J connectivity index is 0.000000154. The van der Waals surface area contributed by atoms with Gasteiger partial charge < -0.3 is 53.8 Å². The molecule has 0 amide bonds. The third-order valence-electron chi connectivity index (χ3n) is 25.6. The Labute approximate surface area is 833 Å². The largest absolute Gasteiger partial charge is 0.483 e. The van der Waals surface area contributed by atoms with Gasteiger partial charge in [-0.2, -0.15) is 66.5 Å². The first-order chi connectivity index (χ1) is 66.2. The predicted octanol–water partition coefficient (Wildman–Crippen LogP) is 9.99. The van der Waals surface area contributed by atoms with Crippen molar-refractivity contribution in [3.05, 3.63) is 148 Å². The van der Waals surface area contributed by atoms with Gasteiger partial charge in [-0.1, -0.05) is 58.0 Å². The van der Waals surface area contributed by atoms with E-state index in [9.17, 15) is 66.8 Å². The van der Waals surface area contributed by atoms with Crippen LogP contribution in [0.15, 0.2) is 84.1 Å². The molecule has 7 saturated heterocycles. The van der Waals surface area contributed by atoms with Crippen molar-refractivity contribution >= 4 is 127 Å². The first-order valence-corrected chi connectivity index (χ1v) is 55.4. The first kappa shape index (κ1) is 110. The summed E-state index contributed by atoms with van der Waals surface area (Å²) < 4.78 is 159. The molecule has 10 aliphatic rings. The van der Waals surface area contributed by atoms with Crippen LogP contribution in [-0.2, 0) is 54.3 Å². The number of aromatic amines is 2. The van der Waals surface area contributed by atoms with Gasteiger partial charge >= 0.3 is 16.7 Å². The molecule has 6 aromatic heterocycles. The SMILES string of the molecule is CC(C)S(=O)(=O)N1CCN(c2cn[nH]c(=O)c2OC2CCCC2)CC1.CC(C)S(=O)(=O)N1CCN(c2cnn(-c3cc(F)ccc3N)c(=O)c2OC2CCCC2)CC1.CC(C)S(=O)(=O)N1CCN(c2cnn(C3CCCCO3)c(=O)c2Cl)CC1.CC(C)S(=O)(=O)N1CCN(c2cnn(C3CCCCO3)c(=O)c2OC2CCCC2)CC1.O=c1[nH]ncc(Cl)c1Cl.O=c1c(Cl)c(Cl)cnn1C1CCCCO1. The molecule has 41 nitrogen and oxygen atoms in total. The van der Waals surface area contributed by atoms with Crippen LogP contribution in [-0.4, -0.2) is 274 Å². The number of nitrogens with two attached hydrogens (primary N) is 1. The van der Waals surface area contributed by atoms with Crippen LogP contribution in [0.2, 0.25) is 25.1 Å². The second kappa shape index (κ2) is 49.9. The third kappa shape index (κ3) is 27.5. The lowest BCUT2D eigenvalue weighted by molar-refractivity contribution is -0.0431. The molecule has 13 heterocycles. The smallest absolute Gasteiger partial charge is 0.316 e. The molecule has 10 fully saturated rings. The molecule has 0 radical (unpaired) electrons. The molecule has 3 unspecified atom stereocenters. The van der Waals surface area contributed by atoms with E-state index in [1.165, 1.54) is 62.0 Å². The lowest BCUT2D eigenvalue weighted by Crippen LogP contribution is -2.51. The number of sulfonamides is 4. The maximum atomic E-state index is 13.9. The minimum atomic E-state index is -3.35. The van der Waals surface area contributed by atoms with Crippen molar-refractivity contribution < 1.29 is 66.5 Å². The maximum absolute atomic E-state index is 13.9. The number of benzene rings is 1. The average molecular weight is 2120 g/mol. The standard InChI is InChI=1S/C22H30FN5O4S.C21H34N4O5S.C16H25ClN4O4S.C16H26N4O4S.C9H10Cl2N2O2.C4H2Cl2N2O/c1-15(2)33(30,31)27-11-9-26(10-12-27)20-14-25-28(19-13-16(23)7-8-18(19)24)22(29)21(20)32-17-5-3-4-6-17;1-16(2)31(27,28)24-12-10-23(11-13-24)18-15-22-25(19-9-5-6-14-29-19)21(26)20(18)30-17-7-3-4-8-17;1-12(2)26(23,24)20-8-6-19(7-9-20)13-11-18-21(16(22)15(13)17)14-5-3-4-10-25-14;1-12(2)25(22,23)20-9-7-19(8-10-20)14-11-17-18-16(21)15(14)24-13-5-3-4-6-13;10-6-5-12-13(9(14)8(6)11)7-3-1-2-4-15-7;5-2-1-7-8-4(9)3(2)6/h7-8,13-15,17H,3-6,9-12,24H2,1-2H3;15-17,19H,3-14H2,1-2H3;11-12,14H,3-10H2,1-2H3;11-13H,3-10H2,1-2H3,(H,18,21);5,7H,1-4H2;1H,(H,8,9). The van der Waals surface area contributed by atoms with Gasteiger partial charge in [-0.15, -0.1) is 0 Å². The topological polar surface area (TPSA) is 475 Å². The number of ether oxygens (including phenoxy) is 6. The Kier molecular flexibility index (Phi) is 39.3. The van der Waals surface area contributed by atoms with E-state index >= 15 is 0 Å². The molecule has 3 atom stereocenters. The highest BCUT2D eigenvalue weighted by Crippen LogP contribution is 2.37. The van der Waals surface area contributed by atoms with Crippen LogP contribution in [0.4, 0.5) is 32.8 Å². The summed E-state index contributed by atoms with van der Waals surface area (Å²) in [5.74, 6) is 0.247. The van der Waals surface area contributed by atoms with Gasteiger partial charge in [-0.25, -0.2) is 48.3 Å². The summed E-state index contributed by atoms with van der Waals surface area (Å²) in [7, 11) is -13.2. The van der Waals surface area contributed by atoms with E-state index < -0.39 is 83.6 Å². The zero-order valence-corrected chi connectivity index (χ0v) is 86.5. The molecule has 51 heteroatoms. The van der Waals surface area contributed by atoms with Crippen molar-refractivity contribution in [2.24, 2.45) is 0 Å². The lowest BCUT2D eigenvalue weighted by atomic mass is 10.2. The van der Waals surface area contributed by atoms with Crippen LogP contribution in [0.3, 0.4) is 0 Å². The zero-order valence-electron chi connectivity index (χ0n) is 79.4. The summed E-state index contributed by atoms with van der Waals surface area (Å²) in [5, 5.41) is 27.3. The van der Waals surface area contributed by atoms with Gasteiger partial charge in [0.15, 0.2) is 18.7 Å². The summed E-state index contributed by atoms with van der Waals surface area (Å²) >= 11 is 28.5. The molecular formula is C88H127Cl5FN21O20S4. The van der Waals surface area contributed by atoms with Crippen LogP contribution < -0.4 is 72.9 Å². The molecule has 3 saturated carbocycles. The zero-order chi connectivity index (χ0) is 100. The van der Waals surface area contributed by atoms with E-state index in [0.717, 1.165) is 146 Å². The summed E-state index contributed by atoms with van der Waals surface area (Å²) in [6.45, 7) is 22.0. The molecule has 0 spiro atoms. The number of aromatic nitrogens is 12. The molecule has 3 aliphatic carbocycles. The van der Waals surface area contributed by atoms with Crippen LogP contribution >= 0.6 is 58.0 Å². The van der Waals surface area contributed by atoms with Gasteiger partial charge in [-0.3, -0.25) is 28.8 Å². The second-order valence-corrected chi connectivity index (χ2v) is 48.2. The van der Waals surface area contributed by atoms with Gasteiger partial charge in [0.2, 0.25) is 57.3 Å². The van der Waals surface area contributed by atoms with Crippen molar-refractivity contribution in [2.45, 2.75) is 248 Å². The fourth-order valence-electron chi connectivity index (χ4n) is 17.4. The highest BCUT2D eigenvalue weighted by molar-refractivity contribution is 7.90. The van der Waals surface area contributed by atoms with Crippen LogP contribution in [0.1, 0.15) is 209 Å². The minimum Gasteiger partial charge on any atom is -0.483 e. The van der Waals surface area contributed by atoms with E-state index in [4.69, 9.17) is 92.2 Å². The van der Waals surface area contributed by atoms with Crippen LogP contribution in [0.25, 0.3) is 5.69 Å². The number of hydrogen-bond acceptors (Lipinski definition) is 31. The molecule has 770 valence electrons. The molecule has 0 bridgehead atoms. The quantitative estimate of drug-likeness (QED) is 0.0531. The number of rotatable bonds is 22. The molecule has 7 aromatic rings. The number of nitrogens with zero attached hydrogens (tertiary/aromatic N) is 18. The van der Waals surface area contributed by atoms with Gasteiger partial charge in [0.1, 0.15) is 37.9 Å². The normalized spacial score (nSPS) is 20.6. The van der Waals surface area contributed by atoms with E-state index in [-0.39, 0.29) is 95.9 Å². The fourth-order valence-corrected chi connectivity index (χ4v) is 23.2. The third-order valence-corrected chi connectivity index (χ3v) is 36.6. The van der Waals surface area contributed by atoms with Gasteiger partial charge in [-0.05, 0) is 202 Å². The van der Waals surface area contributed by atoms with Crippen molar-refractivity contribution in [2.75, 3.05) is 150 Å². The molecule has 17 rings (SSSR count). The fraction of sp³-hybridized carbons (Fsp3) is 0.659. The Bertz CT molecular complexity index is 6160. The maximum Gasteiger partial charge on any atom is 0.316 e. The summed E-state index contributed by atoms with van der Waals surface area (Å²) in [6, 6.07) is 3.77. The number of hydrogen-bond donors (Lipinski definition) is 3.